The first-order valence-corrected chi connectivity index (χ1v) is 9.13. The fraction of sp³-hybridized carbons (Fsp3) is 0.400. The van der Waals surface area contributed by atoms with Crippen LogP contribution in [0.25, 0.3) is 0 Å². The number of hydrogen-bond acceptors (Lipinski definition) is 6. The van der Waals surface area contributed by atoms with Gasteiger partial charge in [-0.15, -0.1) is 0 Å². The van der Waals surface area contributed by atoms with Gasteiger partial charge in [0.1, 0.15) is 18.4 Å². The number of benzene rings is 1. The van der Waals surface area contributed by atoms with Crippen LogP contribution in [0, 0.1) is 11.3 Å². The van der Waals surface area contributed by atoms with Crippen LogP contribution in [0.3, 0.4) is 0 Å². The Hall–Kier alpha value is -2.98. The molecule has 5 rings (SSSR count). The Morgan fingerprint density at radius 2 is 2.04 bits per heavy atom. The number of ether oxygens (including phenoxy) is 2. The minimum atomic E-state index is -0.775. The molecule has 136 valence electrons. The fourth-order valence-corrected chi connectivity index (χ4v) is 4.38. The maximum Gasteiger partial charge on any atom is 0.257 e. The highest BCUT2D eigenvalue weighted by Crippen LogP contribution is 2.51. The van der Waals surface area contributed by atoms with Gasteiger partial charge < -0.3 is 14.4 Å². The second-order valence-corrected chi connectivity index (χ2v) is 7.29. The van der Waals surface area contributed by atoms with E-state index in [-0.39, 0.29) is 30.0 Å². The molecule has 1 saturated carbocycles. The summed E-state index contributed by atoms with van der Waals surface area (Å²) in [6.07, 6.45) is 5.33. The Morgan fingerprint density at radius 3 is 2.81 bits per heavy atom. The Balaban J connectivity index is 1.28. The standard InChI is InChI=1S/C20H18N4O3/c21-10-14-11-22-12-17(23-14)26-15-8-20(9-15)19(25)24-16(6-7-18(24)27-20)13-4-2-1-3-5-13/h1-5,11-12,15-16,18H,6-9H2/t15?,16-,18+,20?/m0/s1. The number of carbonyl (C=O) groups excluding carboxylic acids is 1. The summed E-state index contributed by atoms with van der Waals surface area (Å²) in [6.45, 7) is 0. The van der Waals surface area contributed by atoms with Gasteiger partial charge >= 0.3 is 0 Å². The number of aromatic nitrogens is 2. The van der Waals surface area contributed by atoms with E-state index >= 15 is 0 Å². The lowest BCUT2D eigenvalue weighted by atomic mass is 9.76. The quantitative estimate of drug-likeness (QED) is 0.833. The van der Waals surface area contributed by atoms with Crippen LogP contribution in [-0.4, -0.2) is 38.7 Å². The molecule has 0 bridgehead atoms. The molecule has 2 aliphatic heterocycles. The minimum Gasteiger partial charge on any atom is -0.473 e. The first-order chi connectivity index (χ1) is 13.2. The molecule has 1 aliphatic carbocycles. The Labute approximate surface area is 156 Å². The molecule has 0 unspecified atom stereocenters. The van der Waals surface area contributed by atoms with Crippen LogP contribution in [-0.2, 0) is 9.53 Å². The average Bonchev–Trinajstić information content (AvgIpc) is 3.21. The Morgan fingerprint density at radius 1 is 1.22 bits per heavy atom. The van der Waals surface area contributed by atoms with E-state index in [0.29, 0.717) is 18.7 Å². The van der Waals surface area contributed by atoms with E-state index < -0.39 is 5.60 Å². The monoisotopic (exact) mass is 362 g/mol. The van der Waals surface area contributed by atoms with Crippen molar-refractivity contribution in [2.75, 3.05) is 0 Å². The lowest BCUT2D eigenvalue weighted by Crippen LogP contribution is -2.56. The number of nitriles is 1. The fourth-order valence-electron chi connectivity index (χ4n) is 4.38. The SMILES string of the molecule is N#Cc1cncc(OC2CC3(C2)O[C@@H]2CC[C@@H](c4ccccc4)N2C3=O)n1. The summed E-state index contributed by atoms with van der Waals surface area (Å²) in [4.78, 5) is 23.1. The maximum atomic E-state index is 13.1. The van der Waals surface area contributed by atoms with E-state index in [2.05, 4.69) is 22.1 Å². The summed E-state index contributed by atoms with van der Waals surface area (Å²) in [5.74, 6) is 0.373. The van der Waals surface area contributed by atoms with Crippen molar-refractivity contribution in [3.05, 3.63) is 54.0 Å². The molecule has 1 aromatic carbocycles. The zero-order chi connectivity index (χ0) is 18.4. The molecule has 3 heterocycles. The van der Waals surface area contributed by atoms with E-state index in [0.717, 1.165) is 18.4 Å². The van der Waals surface area contributed by atoms with Crippen molar-refractivity contribution >= 4 is 5.91 Å². The van der Waals surface area contributed by atoms with Crippen molar-refractivity contribution in [1.29, 1.82) is 5.26 Å². The van der Waals surface area contributed by atoms with Crippen molar-refractivity contribution in [2.45, 2.75) is 49.7 Å². The van der Waals surface area contributed by atoms with E-state index in [9.17, 15) is 4.79 Å². The molecule has 2 saturated heterocycles. The van der Waals surface area contributed by atoms with Crippen LogP contribution < -0.4 is 4.74 Å². The van der Waals surface area contributed by atoms with E-state index in [4.69, 9.17) is 14.7 Å². The summed E-state index contributed by atoms with van der Waals surface area (Å²) in [5.41, 5.74) is 0.592. The molecule has 0 N–H and O–H groups in total. The van der Waals surface area contributed by atoms with Gasteiger partial charge in [0.05, 0.1) is 18.4 Å². The van der Waals surface area contributed by atoms with Gasteiger partial charge in [-0.25, -0.2) is 0 Å². The van der Waals surface area contributed by atoms with Crippen molar-refractivity contribution < 1.29 is 14.3 Å². The van der Waals surface area contributed by atoms with Gasteiger partial charge in [0.25, 0.3) is 5.91 Å². The summed E-state index contributed by atoms with van der Waals surface area (Å²) < 4.78 is 12.0. The number of rotatable bonds is 3. The molecule has 1 spiro atoms. The topological polar surface area (TPSA) is 88.3 Å². The summed E-state index contributed by atoms with van der Waals surface area (Å²) in [5, 5.41) is 8.90. The number of hydrogen-bond donors (Lipinski definition) is 0. The van der Waals surface area contributed by atoms with Gasteiger partial charge in [0, 0.05) is 12.8 Å². The third-order valence-corrected chi connectivity index (χ3v) is 5.63. The van der Waals surface area contributed by atoms with Gasteiger partial charge in [-0.2, -0.15) is 10.2 Å². The highest BCUT2D eigenvalue weighted by Gasteiger charge is 2.63. The molecule has 2 atom stereocenters. The first-order valence-electron chi connectivity index (χ1n) is 9.13. The number of fused-ring (bicyclic) bond motifs is 1. The third-order valence-electron chi connectivity index (χ3n) is 5.63. The van der Waals surface area contributed by atoms with Crippen molar-refractivity contribution in [3.8, 4) is 11.9 Å². The van der Waals surface area contributed by atoms with E-state index in [1.165, 1.54) is 12.4 Å². The van der Waals surface area contributed by atoms with Crippen LogP contribution in [0.5, 0.6) is 5.88 Å². The molecule has 7 nitrogen and oxygen atoms in total. The average molecular weight is 362 g/mol. The van der Waals surface area contributed by atoms with Crippen molar-refractivity contribution in [1.82, 2.24) is 14.9 Å². The highest BCUT2D eigenvalue weighted by atomic mass is 16.6. The molecule has 1 amide bonds. The van der Waals surface area contributed by atoms with Crippen LogP contribution in [0.4, 0.5) is 0 Å². The van der Waals surface area contributed by atoms with Gasteiger partial charge in [0.15, 0.2) is 11.3 Å². The number of amides is 1. The summed E-state index contributed by atoms with van der Waals surface area (Å²) >= 11 is 0. The van der Waals surface area contributed by atoms with E-state index in [1.54, 1.807) is 0 Å². The largest absolute Gasteiger partial charge is 0.473 e. The van der Waals surface area contributed by atoms with Crippen molar-refractivity contribution in [3.63, 3.8) is 0 Å². The highest BCUT2D eigenvalue weighted by molar-refractivity contribution is 5.89. The maximum absolute atomic E-state index is 13.1. The molecule has 0 radical (unpaired) electrons. The van der Waals surface area contributed by atoms with Crippen LogP contribution in [0.15, 0.2) is 42.7 Å². The van der Waals surface area contributed by atoms with Gasteiger partial charge in [0.2, 0.25) is 5.88 Å². The van der Waals surface area contributed by atoms with Crippen LogP contribution in [0.1, 0.15) is 43.0 Å². The van der Waals surface area contributed by atoms with E-state index in [1.807, 2.05) is 29.2 Å². The molecule has 3 aliphatic rings. The lowest BCUT2D eigenvalue weighted by molar-refractivity contribution is -0.162. The molecular weight excluding hydrogens is 344 g/mol. The normalized spacial score (nSPS) is 31.4. The predicted octanol–water partition coefficient (Wildman–Crippen LogP) is 2.35. The van der Waals surface area contributed by atoms with Gasteiger partial charge in [-0.05, 0) is 18.4 Å². The van der Waals surface area contributed by atoms with Gasteiger partial charge in [-0.1, -0.05) is 30.3 Å². The lowest BCUT2D eigenvalue weighted by Gasteiger charge is -2.41. The molecule has 27 heavy (non-hydrogen) atoms. The number of carbonyl (C=O) groups is 1. The molecular formula is C20H18N4O3. The molecule has 3 fully saturated rings. The molecule has 1 aromatic heterocycles. The zero-order valence-corrected chi connectivity index (χ0v) is 14.6. The first kappa shape index (κ1) is 16.2. The second kappa shape index (κ2) is 6.03. The van der Waals surface area contributed by atoms with Crippen LogP contribution in [0.2, 0.25) is 0 Å². The minimum absolute atomic E-state index is 0.0653. The number of nitrogens with zero attached hydrogens (tertiary/aromatic N) is 4. The Bertz CT molecular complexity index is 920. The van der Waals surface area contributed by atoms with Crippen LogP contribution >= 0.6 is 0 Å². The van der Waals surface area contributed by atoms with Crippen molar-refractivity contribution in [2.24, 2.45) is 0 Å². The van der Waals surface area contributed by atoms with Gasteiger partial charge in [-0.3, -0.25) is 9.78 Å². The smallest absolute Gasteiger partial charge is 0.257 e. The third kappa shape index (κ3) is 2.56. The second-order valence-electron chi connectivity index (χ2n) is 7.29. The zero-order valence-electron chi connectivity index (χ0n) is 14.6. The summed E-state index contributed by atoms with van der Waals surface area (Å²) in [6, 6.07) is 12.2. The Kier molecular flexibility index (Phi) is 3.62. The molecule has 7 heteroatoms. The summed E-state index contributed by atoms with van der Waals surface area (Å²) in [7, 11) is 0. The molecule has 2 aromatic rings. The predicted molar refractivity (Wildman–Crippen MR) is 93.3 cm³/mol.